The number of carbonyl (C=O) groups excluding carboxylic acids is 1. The normalized spacial score (nSPS) is 13.4. The van der Waals surface area contributed by atoms with Crippen LogP contribution in [0.4, 0.5) is 0 Å². The zero-order valence-electron chi connectivity index (χ0n) is 11.7. The zero-order valence-corrected chi connectivity index (χ0v) is 11.7. The van der Waals surface area contributed by atoms with Gasteiger partial charge in [-0.15, -0.1) is 0 Å². The van der Waals surface area contributed by atoms with Crippen LogP contribution < -0.4 is 5.32 Å². The van der Waals surface area contributed by atoms with Crippen molar-refractivity contribution in [3.8, 4) is 0 Å². The van der Waals surface area contributed by atoms with E-state index in [0.717, 1.165) is 11.3 Å². The van der Waals surface area contributed by atoms with Crippen LogP contribution in [0.5, 0.6) is 0 Å². The third kappa shape index (κ3) is 3.84. The Morgan fingerprint density at radius 3 is 2.50 bits per heavy atom. The fourth-order valence-corrected chi connectivity index (χ4v) is 1.49. The molecule has 0 fully saturated rings. The van der Waals surface area contributed by atoms with Gasteiger partial charge in [0.25, 0.3) is 0 Å². The summed E-state index contributed by atoms with van der Waals surface area (Å²) in [6.45, 7) is 9.63. The molecule has 1 atom stereocenters. The van der Waals surface area contributed by atoms with Crippen molar-refractivity contribution in [2.24, 2.45) is 5.41 Å². The van der Waals surface area contributed by atoms with Crippen molar-refractivity contribution in [3.05, 3.63) is 17.0 Å². The Balaban J connectivity index is 2.49. The third-order valence-electron chi connectivity index (χ3n) is 3.01. The Labute approximate surface area is 108 Å². The summed E-state index contributed by atoms with van der Waals surface area (Å²) in [4.78, 5) is 11.8. The van der Waals surface area contributed by atoms with Gasteiger partial charge in [0.1, 0.15) is 5.76 Å². The molecular formula is C13H22N2O3. The van der Waals surface area contributed by atoms with E-state index < -0.39 is 6.10 Å². The van der Waals surface area contributed by atoms with Crippen LogP contribution in [-0.4, -0.2) is 28.8 Å². The molecule has 0 radical (unpaired) electrons. The summed E-state index contributed by atoms with van der Waals surface area (Å²) in [7, 11) is 0. The molecule has 5 heteroatoms. The van der Waals surface area contributed by atoms with E-state index in [2.05, 4.69) is 10.5 Å². The van der Waals surface area contributed by atoms with Crippen LogP contribution >= 0.6 is 0 Å². The van der Waals surface area contributed by atoms with Gasteiger partial charge in [-0.2, -0.15) is 0 Å². The molecule has 1 aromatic heterocycles. The SMILES string of the molecule is Cc1noc(C)c1CC(=O)NCC(O)C(C)(C)C. The summed E-state index contributed by atoms with van der Waals surface area (Å²) in [5.41, 5.74) is 1.31. The van der Waals surface area contributed by atoms with Gasteiger partial charge in [0.05, 0.1) is 18.2 Å². The van der Waals surface area contributed by atoms with Gasteiger partial charge >= 0.3 is 0 Å². The molecule has 2 N–H and O–H groups in total. The molecule has 0 bridgehead atoms. The minimum absolute atomic E-state index is 0.132. The fraction of sp³-hybridized carbons (Fsp3) is 0.692. The van der Waals surface area contributed by atoms with E-state index in [1.165, 1.54) is 0 Å². The molecule has 1 heterocycles. The van der Waals surface area contributed by atoms with Gasteiger partial charge in [-0.05, 0) is 19.3 Å². The molecule has 0 saturated heterocycles. The van der Waals surface area contributed by atoms with Crippen LogP contribution in [0.2, 0.25) is 0 Å². The number of aliphatic hydroxyl groups excluding tert-OH is 1. The van der Waals surface area contributed by atoms with Crippen molar-refractivity contribution in [3.63, 3.8) is 0 Å². The molecule has 18 heavy (non-hydrogen) atoms. The molecule has 0 aliphatic heterocycles. The molecule has 1 unspecified atom stereocenters. The number of nitrogens with one attached hydrogen (secondary N) is 1. The molecule has 1 rings (SSSR count). The predicted molar refractivity (Wildman–Crippen MR) is 68.2 cm³/mol. The minimum Gasteiger partial charge on any atom is -0.391 e. The average molecular weight is 254 g/mol. The lowest BCUT2D eigenvalue weighted by molar-refractivity contribution is -0.121. The van der Waals surface area contributed by atoms with Crippen LogP contribution in [-0.2, 0) is 11.2 Å². The molecule has 1 amide bonds. The van der Waals surface area contributed by atoms with Gasteiger partial charge in [-0.1, -0.05) is 25.9 Å². The topological polar surface area (TPSA) is 75.4 Å². The summed E-state index contributed by atoms with van der Waals surface area (Å²) in [6.07, 6.45) is -0.330. The van der Waals surface area contributed by atoms with Crippen molar-refractivity contribution in [1.82, 2.24) is 10.5 Å². The molecule has 5 nitrogen and oxygen atoms in total. The Morgan fingerprint density at radius 1 is 1.44 bits per heavy atom. The zero-order chi connectivity index (χ0) is 13.9. The van der Waals surface area contributed by atoms with Gasteiger partial charge in [0.15, 0.2) is 0 Å². The number of nitrogens with zero attached hydrogens (tertiary/aromatic N) is 1. The number of aryl methyl sites for hydroxylation is 2. The summed E-state index contributed by atoms with van der Waals surface area (Å²) in [5, 5.41) is 16.3. The molecule has 0 aliphatic carbocycles. The van der Waals surface area contributed by atoms with E-state index in [9.17, 15) is 9.90 Å². The van der Waals surface area contributed by atoms with Crippen molar-refractivity contribution < 1.29 is 14.4 Å². The third-order valence-corrected chi connectivity index (χ3v) is 3.01. The van der Waals surface area contributed by atoms with E-state index in [1.807, 2.05) is 27.7 Å². The second-order valence-corrected chi connectivity index (χ2v) is 5.67. The standard InChI is InChI=1S/C13H22N2O3/c1-8-10(9(2)18-15-8)6-12(17)14-7-11(16)13(3,4)5/h11,16H,6-7H2,1-5H3,(H,14,17). The molecule has 0 aliphatic rings. The van der Waals surface area contributed by atoms with E-state index in [0.29, 0.717) is 5.76 Å². The number of hydrogen-bond acceptors (Lipinski definition) is 4. The lowest BCUT2D eigenvalue weighted by atomic mass is 9.89. The van der Waals surface area contributed by atoms with Crippen molar-refractivity contribution in [2.45, 2.75) is 47.1 Å². The second kappa shape index (κ2) is 5.52. The highest BCUT2D eigenvalue weighted by atomic mass is 16.5. The smallest absolute Gasteiger partial charge is 0.224 e. The highest BCUT2D eigenvalue weighted by Crippen LogP contribution is 2.18. The molecule has 0 spiro atoms. The maximum Gasteiger partial charge on any atom is 0.224 e. The van der Waals surface area contributed by atoms with Gasteiger partial charge in [-0.3, -0.25) is 4.79 Å². The second-order valence-electron chi connectivity index (χ2n) is 5.67. The maximum atomic E-state index is 11.8. The highest BCUT2D eigenvalue weighted by molar-refractivity contribution is 5.79. The van der Waals surface area contributed by atoms with E-state index >= 15 is 0 Å². The lowest BCUT2D eigenvalue weighted by Gasteiger charge is -2.25. The first-order chi connectivity index (χ1) is 8.21. The van der Waals surface area contributed by atoms with Crippen molar-refractivity contribution >= 4 is 5.91 Å². The number of aliphatic hydroxyl groups is 1. The number of rotatable bonds is 4. The number of amides is 1. The first-order valence-corrected chi connectivity index (χ1v) is 6.08. The largest absolute Gasteiger partial charge is 0.391 e. The van der Waals surface area contributed by atoms with Crippen LogP contribution in [0.3, 0.4) is 0 Å². The quantitative estimate of drug-likeness (QED) is 0.850. The molecule has 0 aromatic carbocycles. The highest BCUT2D eigenvalue weighted by Gasteiger charge is 2.22. The molecule has 102 valence electrons. The first kappa shape index (κ1) is 14.7. The Kier molecular flexibility index (Phi) is 4.51. The molecule has 1 aromatic rings. The van der Waals surface area contributed by atoms with Gasteiger partial charge in [0.2, 0.25) is 5.91 Å². The summed E-state index contributed by atoms with van der Waals surface area (Å²) in [6, 6.07) is 0. The van der Waals surface area contributed by atoms with E-state index in [4.69, 9.17) is 4.52 Å². The average Bonchev–Trinajstić information content (AvgIpc) is 2.56. The van der Waals surface area contributed by atoms with Gasteiger partial charge < -0.3 is 14.9 Å². The lowest BCUT2D eigenvalue weighted by Crippen LogP contribution is -2.39. The minimum atomic E-state index is -0.564. The number of aromatic nitrogens is 1. The van der Waals surface area contributed by atoms with Crippen LogP contribution in [0.1, 0.15) is 37.8 Å². The Bertz CT molecular complexity index is 399. The predicted octanol–water partition coefficient (Wildman–Crippen LogP) is 1.36. The summed E-state index contributed by atoms with van der Waals surface area (Å²) < 4.78 is 5.00. The van der Waals surface area contributed by atoms with Crippen LogP contribution in [0.25, 0.3) is 0 Å². The van der Waals surface area contributed by atoms with Gasteiger partial charge in [-0.25, -0.2) is 0 Å². The van der Waals surface area contributed by atoms with Crippen LogP contribution in [0, 0.1) is 19.3 Å². The fourth-order valence-electron chi connectivity index (χ4n) is 1.49. The first-order valence-electron chi connectivity index (χ1n) is 6.08. The Morgan fingerprint density at radius 2 is 2.06 bits per heavy atom. The van der Waals surface area contributed by atoms with Crippen molar-refractivity contribution in [2.75, 3.05) is 6.54 Å². The van der Waals surface area contributed by atoms with Crippen molar-refractivity contribution in [1.29, 1.82) is 0 Å². The van der Waals surface area contributed by atoms with Gasteiger partial charge in [0, 0.05) is 12.1 Å². The summed E-state index contributed by atoms with van der Waals surface area (Å²) >= 11 is 0. The molecular weight excluding hydrogens is 232 g/mol. The van der Waals surface area contributed by atoms with E-state index in [-0.39, 0.29) is 24.3 Å². The number of carbonyl (C=O) groups is 1. The number of hydrogen-bond donors (Lipinski definition) is 2. The molecule has 0 saturated carbocycles. The monoisotopic (exact) mass is 254 g/mol. The van der Waals surface area contributed by atoms with Crippen LogP contribution in [0.15, 0.2) is 4.52 Å². The maximum absolute atomic E-state index is 11.8. The Hall–Kier alpha value is -1.36. The summed E-state index contributed by atoms with van der Waals surface area (Å²) in [5.74, 6) is 0.534. The van der Waals surface area contributed by atoms with E-state index in [1.54, 1.807) is 6.92 Å².